The maximum Gasteiger partial charge on any atom is 0.337 e. The summed E-state index contributed by atoms with van der Waals surface area (Å²) < 4.78 is 0. The number of hydrogen-bond donors (Lipinski definition) is 2. The molecule has 66 valence electrons. The minimum Gasteiger partial charge on any atom is -0.780 e. The number of nitrogen functional groups attached to an aromatic ring is 1. The fraction of sp³-hybridized carbons (Fsp3) is 0.125. The Bertz CT molecular complexity index is 299. The molecule has 0 fully saturated rings. The number of rotatable bonds is 1. The number of nitrogens with two attached hydrogens (primary N) is 1. The molecule has 0 amide bonds. The van der Waals surface area contributed by atoms with Gasteiger partial charge in [-0.25, -0.2) is 4.79 Å². The van der Waals surface area contributed by atoms with Crippen LogP contribution in [-0.2, 0) is 12.6 Å². The lowest BCUT2D eigenvalue weighted by molar-refractivity contribution is 0.0698. The Morgan fingerprint density at radius 3 is 2.50 bits per heavy atom. The normalized spacial score (nSPS) is 8.67. The van der Waals surface area contributed by atoms with Crippen molar-refractivity contribution in [3.8, 4) is 0 Å². The third kappa shape index (κ3) is 2.10. The highest BCUT2D eigenvalue weighted by Gasteiger charge is 2.04. The highest BCUT2D eigenvalue weighted by Crippen LogP contribution is 2.13. The Morgan fingerprint density at radius 1 is 1.50 bits per heavy atom. The maximum absolute atomic E-state index is 10.4. The molecular formula is C8H10NO2S-. The van der Waals surface area contributed by atoms with E-state index in [0.717, 1.165) is 0 Å². The van der Waals surface area contributed by atoms with E-state index in [0.29, 0.717) is 4.90 Å². The molecule has 0 atom stereocenters. The van der Waals surface area contributed by atoms with Gasteiger partial charge in [0, 0.05) is 5.69 Å². The summed E-state index contributed by atoms with van der Waals surface area (Å²) in [5.74, 6) is -1.03. The molecule has 0 radical (unpaired) electrons. The van der Waals surface area contributed by atoms with Crippen LogP contribution >= 0.6 is 0 Å². The molecule has 4 heteroatoms. The zero-order valence-corrected chi connectivity index (χ0v) is 6.39. The average Bonchev–Trinajstić information content (AvgIpc) is 1.85. The molecule has 0 aliphatic carbocycles. The summed E-state index contributed by atoms with van der Waals surface area (Å²) in [6, 6.07) is 4.40. The SMILES string of the molecule is C.Nc1cc([S-])ccc1C(=O)O. The van der Waals surface area contributed by atoms with Gasteiger partial charge in [0.25, 0.3) is 0 Å². The zero-order valence-electron chi connectivity index (χ0n) is 5.57. The fourth-order valence-electron chi connectivity index (χ4n) is 0.736. The summed E-state index contributed by atoms with van der Waals surface area (Å²) in [6.45, 7) is 0. The van der Waals surface area contributed by atoms with E-state index in [1.54, 1.807) is 0 Å². The van der Waals surface area contributed by atoms with Crippen LogP contribution in [0, 0.1) is 0 Å². The molecule has 1 aromatic rings. The van der Waals surface area contributed by atoms with Crippen LogP contribution < -0.4 is 5.73 Å². The molecule has 0 saturated heterocycles. The molecule has 0 heterocycles. The lowest BCUT2D eigenvalue weighted by Gasteiger charge is -2.07. The van der Waals surface area contributed by atoms with E-state index in [1.807, 2.05) is 0 Å². The van der Waals surface area contributed by atoms with Crippen molar-refractivity contribution in [3.63, 3.8) is 0 Å². The van der Waals surface area contributed by atoms with E-state index in [2.05, 4.69) is 0 Å². The van der Waals surface area contributed by atoms with Gasteiger partial charge >= 0.3 is 5.97 Å². The van der Waals surface area contributed by atoms with Gasteiger partial charge in [-0.05, 0) is 6.07 Å². The lowest BCUT2D eigenvalue weighted by Crippen LogP contribution is -2.01. The second-order valence-electron chi connectivity index (χ2n) is 2.05. The van der Waals surface area contributed by atoms with Crippen molar-refractivity contribution < 1.29 is 9.90 Å². The summed E-state index contributed by atoms with van der Waals surface area (Å²) in [7, 11) is 0. The van der Waals surface area contributed by atoms with Crippen LogP contribution in [0.15, 0.2) is 23.1 Å². The van der Waals surface area contributed by atoms with E-state index in [4.69, 9.17) is 23.5 Å². The summed E-state index contributed by atoms with van der Waals surface area (Å²) in [4.78, 5) is 11.0. The van der Waals surface area contributed by atoms with Crippen LogP contribution in [0.25, 0.3) is 0 Å². The first-order chi connectivity index (χ1) is 5.11. The summed E-state index contributed by atoms with van der Waals surface area (Å²) in [6.07, 6.45) is 0. The van der Waals surface area contributed by atoms with Gasteiger partial charge in [-0.1, -0.05) is 19.6 Å². The van der Waals surface area contributed by atoms with Crippen molar-refractivity contribution in [2.45, 2.75) is 12.3 Å². The van der Waals surface area contributed by atoms with E-state index >= 15 is 0 Å². The second-order valence-corrected chi connectivity index (χ2v) is 2.53. The first kappa shape index (κ1) is 10.7. The minimum atomic E-state index is -1.03. The monoisotopic (exact) mass is 184 g/mol. The minimum absolute atomic E-state index is 0. The van der Waals surface area contributed by atoms with Gasteiger partial charge in [0.15, 0.2) is 0 Å². The van der Waals surface area contributed by atoms with Crippen LogP contribution in [0.1, 0.15) is 17.8 Å². The highest BCUT2D eigenvalue weighted by molar-refractivity contribution is 7.58. The van der Waals surface area contributed by atoms with Crippen LogP contribution in [0.4, 0.5) is 5.69 Å². The van der Waals surface area contributed by atoms with E-state index in [9.17, 15) is 4.79 Å². The van der Waals surface area contributed by atoms with Gasteiger partial charge in [0.2, 0.25) is 0 Å². The molecule has 3 nitrogen and oxygen atoms in total. The first-order valence-electron chi connectivity index (χ1n) is 2.91. The Hall–Kier alpha value is -1.29. The Kier molecular flexibility index (Phi) is 3.50. The number of carboxylic acid groups (broad SMARTS) is 1. The number of carbonyl (C=O) groups is 1. The zero-order chi connectivity index (χ0) is 8.43. The lowest BCUT2D eigenvalue weighted by atomic mass is 10.2. The number of hydrogen-bond acceptors (Lipinski definition) is 3. The van der Waals surface area contributed by atoms with Crippen LogP contribution in [0.2, 0.25) is 0 Å². The molecule has 0 bridgehead atoms. The highest BCUT2D eigenvalue weighted by atomic mass is 32.1. The van der Waals surface area contributed by atoms with Gasteiger partial charge in [-0.2, -0.15) is 4.90 Å². The quantitative estimate of drug-likeness (QED) is 0.513. The second kappa shape index (κ2) is 3.92. The molecule has 0 aliphatic heterocycles. The molecule has 12 heavy (non-hydrogen) atoms. The summed E-state index contributed by atoms with van der Waals surface area (Å²) in [5.41, 5.74) is 5.68. The van der Waals surface area contributed by atoms with Crippen molar-refractivity contribution in [2.75, 3.05) is 5.73 Å². The van der Waals surface area contributed by atoms with Gasteiger partial charge < -0.3 is 23.5 Å². The van der Waals surface area contributed by atoms with Crippen LogP contribution in [-0.4, -0.2) is 11.1 Å². The predicted molar refractivity (Wildman–Crippen MR) is 50.2 cm³/mol. The predicted octanol–water partition coefficient (Wildman–Crippen LogP) is 1.51. The van der Waals surface area contributed by atoms with Crippen molar-refractivity contribution in [2.24, 2.45) is 0 Å². The molecule has 3 N–H and O–H groups in total. The van der Waals surface area contributed by atoms with E-state index in [-0.39, 0.29) is 18.7 Å². The smallest absolute Gasteiger partial charge is 0.337 e. The third-order valence-electron chi connectivity index (χ3n) is 1.25. The number of aromatic carboxylic acids is 1. The number of benzene rings is 1. The van der Waals surface area contributed by atoms with Crippen molar-refractivity contribution in [3.05, 3.63) is 23.8 Å². The molecule has 1 aromatic carbocycles. The molecule has 0 saturated carbocycles. The largest absolute Gasteiger partial charge is 0.780 e. The van der Waals surface area contributed by atoms with Crippen LogP contribution in [0.5, 0.6) is 0 Å². The Balaban J connectivity index is 0.00000121. The Labute approximate surface area is 76.6 Å². The molecule has 0 unspecified atom stereocenters. The van der Waals surface area contributed by atoms with E-state index in [1.165, 1.54) is 18.2 Å². The van der Waals surface area contributed by atoms with E-state index < -0.39 is 5.97 Å². The summed E-state index contributed by atoms with van der Waals surface area (Å²) in [5, 5.41) is 8.54. The molecule has 0 aromatic heterocycles. The van der Waals surface area contributed by atoms with Crippen LogP contribution in [0.3, 0.4) is 0 Å². The van der Waals surface area contributed by atoms with Gasteiger partial charge in [-0.3, -0.25) is 0 Å². The molecule has 1 rings (SSSR count). The molecular weight excluding hydrogens is 174 g/mol. The van der Waals surface area contributed by atoms with Gasteiger partial charge in [0.1, 0.15) is 0 Å². The third-order valence-corrected chi connectivity index (χ3v) is 1.51. The van der Waals surface area contributed by atoms with Crippen molar-refractivity contribution >= 4 is 24.3 Å². The summed E-state index contributed by atoms with van der Waals surface area (Å²) >= 11 is 4.77. The Morgan fingerprint density at radius 2 is 2.08 bits per heavy atom. The average molecular weight is 184 g/mol. The molecule has 0 aliphatic rings. The standard InChI is InChI=1S/C7H7NO2S.CH4/c8-6-3-4(11)1-2-5(6)7(9)10;/h1-3,11H,8H2,(H,9,10);1H4/p-1. The van der Waals surface area contributed by atoms with Gasteiger partial charge in [-0.15, -0.1) is 0 Å². The number of carboxylic acids is 1. The maximum atomic E-state index is 10.4. The van der Waals surface area contributed by atoms with Gasteiger partial charge in [0.05, 0.1) is 5.56 Å². The fourth-order valence-corrected chi connectivity index (χ4v) is 0.931. The topological polar surface area (TPSA) is 63.3 Å². The van der Waals surface area contributed by atoms with Crippen molar-refractivity contribution in [1.82, 2.24) is 0 Å². The van der Waals surface area contributed by atoms with Crippen molar-refractivity contribution in [1.29, 1.82) is 0 Å². The first-order valence-corrected chi connectivity index (χ1v) is 3.32. The number of anilines is 1. The molecule has 0 spiro atoms.